The maximum atomic E-state index is 12.9. The van der Waals surface area contributed by atoms with Crippen LogP contribution in [0.3, 0.4) is 0 Å². The number of carbonyl (C=O) groups excluding carboxylic acids is 2. The number of sulfonamides is 1. The lowest BCUT2D eigenvalue weighted by Gasteiger charge is -2.13. The molecule has 8 heteroatoms. The lowest BCUT2D eigenvalue weighted by Crippen LogP contribution is -2.24. The van der Waals surface area contributed by atoms with Gasteiger partial charge in [-0.05, 0) is 55.8 Å². The topological polar surface area (TPSA) is 104 Å². The van der Waals surface area contributed by atoms with Gasteiger partial charge in [0.15, 0.2) is 6.10 Å². The van der Waals surface area contributed by atoms with E-state index in [0.29, 0.717) is 5.56 Å². The van der Waals surface area contributed by atoms with Crippen molar-refractivity contribution in [2.24, 2.45) is 5.14 Å². The summed E-state index contributed by atoms with van der Waals surface area (Å²) in [5.74, 6) is -1.86. The Morgan fingerprint density at radius 2 is 1.64 bits per heavy atom. The highest BCUT2D eigenvalue weighted by Gasteiger charge is 2.22. The van der Waals surface area contributed by atoms with Crippen molar-refractivity contribution in [2.45, 2.75) is 24.8 Å². The van der Waals surface area contributed by atoms with E-state index >= 15 is 0 Å². The molecule has 132 valence electrons. The molecular weight excluding hydrogens is 349 g/mol. The summed E-state index contributed by atoms with van der Waals surface area (Å²) >= 11 is 0. The number of aryl methyl sites for hydroxylation is 1. The van der Waals surface area contributed by atoms with E-state index < -0.39 is 33.7 Å². The number of primary sulfonamides is 1. The fraction of sp³-hybridized carbons (Fsp3) is 0.176. The van der Waals surface area contributed by atoms with Gasteiger partial charge in [-0.3, -0.25) is 4.79 Å². The average Bonchev–Trinajstić information content (AvgIpc) is 2.54. The highest BCUT2D eigenvalue weighted by atomic mass is 32.2. The first-order valence-electron chi connectivity index (χ1n) is 7.24. The van der Waals surface area contributed by atoms with Crippen LogP contribution in [0, 0.1) is 12.7 Å². The highest BCUT2D eigenvalue weighted by molar-refractivity contribution is 7.89. The molecule has 0 amide bonds. The number of hydrogen-bond donors (Lipinski definition) is 1. The Bertz CT molecular complexity index is 923. The second-order valence-electron chi connectivity index (χ2n) is 5.44. The Kier molecular flexibility index (Phi) is 5.34. The van der Waals surface area contributed by atoms with E-state index in [0.717, 1.165) is 18.2 Å². The van der Waals surface area contributed by atoms with Crippen LogP contribution in [-0.4, -0.2) is 26.3 Å². The van der Waals surface area contributed by atoms with E-state index in [9.17, 15) is 22.4 Å². The zero-order valence-corrected chi connectivity index (χ0v) is 14.3. The van der Waals surface area contributed by atoms with Crippen molar-refractivity contribution in [3.8, 4) is 0 Å². The van der Waals surface area contributed by atoms with E-state index in [1.54, 1.807) is 0 Å². The molecule has 2 aromatic rings. The summed E-state index contributed by atoms with van der Waals surface area (Å²) in [4.78, 5) is 24.2. The minimum Gasteiger partial charge on any atom is -0.451 e. The SMILES string of the molecule is Cc1ccc(C(=O)O[C@@H](C)C(=O)c2ccc(F)cc2)cc1S(N)(=O)=O. The second kappa shape index (κ2) is 7.12. The van der Waals surface area contributed by atoms with E-state index in [1.807, 2.05) is 0 Å². The third-order valence-electron chi connectivity index (χ3n) is 3.51. The fourth-order valence-corrected chi connectivity index (χ4v) is 2.97. The molecular formula is C17H16FNO5S. The van der Waals surface area contributed by atoms with Crippen LogP contribution >= 0.6 is 0 Å². The maximum absolute atomic E-state index is 12.9. The van der Waals surface area contributed by atoms with Crippen LogP contribution in [0.15, 0.2) is 47.4 Å². The molecule has 0 saturated carbocycles. The van der Waals surface area contributed by atoms with Crippen molar-refractivity contribution < 1.29 is 27.1 Å². The molecule has 2 N–H and O–H groups in total. The summed E-state index contributed by atoms with van der Waals surface area (Å²) in [6, 6.07) is 8.71. The van der Waals surface area contributed by atoms with E-state index in [-0.39, 0.29) is 16.0 Å². The number of nitrogens with two attached hydrogens (primary N) is 1. The number of rotatable bonds is 5. The van der Waals surface area contributed by atoms with Gasteiger partial charge in [0.1, 0.15) is 5.82 Å². The number of carbonyl (C=O) groups is 2. The standard InChI is InChI=1S/C17H16FNO5S/c1-10-3-4-13(9-15(10)25(19,22)23)17(21)24-11(2)16(20)12-5-7-14(18)8-6-12/h3-9,11H,1-2H3,(H2,19,22,23)/t11-/m0/s1. The van der Waals surface area contributed by atoms with Gasteiger partial charge in [0.05, 0.1) is 10.5 Å². The summed E-state index contributed by atoms with van der Waals surface area (Å²) < 4.78 is 41.0. The average molecular weight is 365 g/mol. The minimum absolute atomic E-state index is 0.0478. The Labute approximate surface area is 144 Å². The van der Waals surface area contributed by atoms with Gasteiger partial charge in [0.2, 0.25) is 15.8 Å². The summed E-state index contributed by atoms with van der Waals surface area (Å²) in [6.07, 6.45) is -1.13. The first kappa shape index (κ1) is 18.8. The van der Waals surface area contributed by atoms with Crippen LogP contribution < -0.4 is 5.14 Å². The van der Waals surface area contributed by atoms with Gasteiger partial charge in [0.25, 0.3) is 0 Å². The molecule has 6 nitrogen and oxygen atoms in total. The van der Waals surface area contributed by atoms with Gasteiger partial charge >= 0.3 is 5.97 Å². The molecule has 0 aliphatic carbocycles. The molecule has 2 aromatic carbocycles. The fourth-order valence-electron chi connectivity index (χ4n) is 2.16. The number of esters is 1. The van der Waals surface area contributed by atoms with Crippen LogP contribution in [0.4, 0.5) is 4.39 Å². The van der Waals surface area contributed by atoms with Gasteiger partial charge in [-0.25, -0.2) is 22.7 Å². The normalized spacial score (nSPS) is 12.5. The van der Waals surface area contributed by atoms with Gasteiger partial charge in [-0.1, -0.05) is 6.07 Å². The van der Waals surface area contributed by atoms with Gasteiger partial charge in [0, 0.05) is 5.56 Å². The molecule has 0 aliphatic heterocycles. The van der Waals surface area contributed by atoms with Crippen LogP contribution in [0.5, 0.6) is 0 Å². The minimum atomic E-state index is -3.99. The quantitative estimate of drug-likeness (QED) is 0.646. The Morgan fingerprint density at radius 1 is 1.08 bits per heavy atom. The van der Waals surface area contributed by atoms with Crippen LogP contribution in [0.2, 0.25) is 0 Å². The molecule has 0 unspecified atom stereocenters. The van der Waals surface area contributed by atoms with E-state index in [4.69, 9.17) is 9.88 Å². The smallest absolute Gasteiger partial charge is 0.338 e. The Hall–Kier alpha value is -2.58. The number of benzene rings is 2. The summed E-state index contributed by atoms with van der Waals surface area (Å²) in [5.41, 5.74) is 0.527. The number of ether oxygens (including phenoxy) is 1. The molecule has 25 heavy (non-hydrogen) atoms. The second-order valence-corrected chi connectivity index (χ2v) is 6.97. The van der Waals surface area contributed by atoms with E-state index in [1.165, 1.54) is 38.1 Å². The zero-order chi connectivity index (χ0) is 18.8. The third kappa shape index (κ3) is 4.49. The van der Waals surface area contributed by atoms with Crippen molar-refractivity contribution in [3.05, 3.63) is 65.0 Å². The molecule has 0 radical (unpaired) electrons. The predicted molar refractivity (Wildman–Crippen MR) is 88.2 cm³/mol. The number of Topliss-reactive ketones (excluding diaryl/α,β-unsaturated/α-hetero) is 1. The van der Waals surface area contributed by atoms with Crippen molar-refractivity contribution >= 4 is 21.8 Å². The molecule has 1 atom stereocenters. The molecule has 2 rings (SSSR count). The Balaban J connectivity index is 2.19. The molecule has 0 heterocycles. The Morgan fingerprint density at radius 3 is 2.20 bits per heavy atom. The maximum Gasteiger partial charge on any atom is 0.338 e. The van der Waals surface area contributed by atoms with Gasteiger partial charge in [-0.15, -0.1) is 0 Å². The number of halogens is 1. The third-order valence-corrected chi connectivity index (χ3v) is 4.57. The summed E-state index contributed by atoms with van der Waals surface area (Å²) in [6.45, 7) is 2.91. The van der Waals surface area contributed by atoms with Crippen LogP contribution in [-0.2, 0) is 14.8 Å². The molecule has 0 fully saturated rings. The zero-order valence-electron chi connectivity index (χ0n) is 13.5. The monoisotopic (exact) mass is 365 g/mol. The molecule has 0 bridgehead atoms. The number of hydrogen-bond acceptors (Lipinski definition) is 5. The summed E-state index contributed by atoms with van der Waals surface area (Å²) in [5, 5.41) is 5.10. The van der Waals surface area contributed by atoms with Crippen molar-refractivity contribution in [2.75, 3.05) is 0 Å². The first-order chi connectivity index (χ1) is 11.6. The molecule has 0 saturated heterocycles. The molecule has 0 aliphatic rings. The molecule has 0 spiro atoms. The van der Waals surface area contributed by atoms with E-state index in [2.05, 4.69) is 0 Å². The molecule has 0 aromatic heterocycles. The summed E-state index contributed by atoms with van der Waals surface area (Å²) in [7, 11) is -3.99. The van der Waals surface area contributed by atoms with Crippen LogP contribution in [0.1, 0.15) is 33.2 Å². The highest BCUT2D eigenvalue weighted by Crippen LogP contribution is 2.17. The van der Waals surface area contributed by atoms with Gasteiger partial charge in [-0.2, -0.15) is 0 Å². The lowest BCUT2D eigenvalue weighted by molar-refractivity contribution is 0.0318. The lowest BCUT2D eigenvalue weighted by atomic mass is 10.1. The predicted octanol–water partition coefficient (Wildman–Crippen LogP) is 2.21. The number of ketones is 1. The van der Waals surface area contributed by atoms with Crippen LogP contribution in [0.25, 0.3) is 0 Å². The van der Waals surface area contributed by atoms with Crippen molar-refractivity contribution in [1.82, 2.24) is 0 Å². The van der Waals surface area contributed by atoms with Crippen molar-refractivity contribution in [1.29, 1.82) is 0 Å². The largest absolute Gasteiger partial charge is 0.451 e. The van der Waals surface area contributed by atoms with Gasteiger partial charge < -0.3 is 4.74 Å². The first-order valence-corrected chi connectivity index (χ1v) is 8.78. The van der Waals surface area contributed by atoms with Crippen molar-refractivity contribution in [3.63, 3.8) is 0 Å².